The zero-order chi connectivity index (χ0) is 7.15. The first-order valence-corrected chi connectivity index (χ1v) is 1.30. The van der Waals surface area contributed by atoms with Crippen LogP contribution in [-0.2, 0) is 0 Å². The third kappa shape index (κ3) is 436. The van der Waals surface area contributed by atoms with Gasteiger partial charge in [0, 0.05) is 0 Å². The van der Waals surface area contributed by atoms with Gasteiger partial charge in [0.25, 0.3) is 0 Å². The van der Waals surface area contributed by atoms with E-state index in [1.807, 2.05) is 0 Å². The van der Waals surface area contributed by atoms with Gasteiger partial charge in [-0.25, -0.2) is 9.59 Å². The van der Waals surface area contributed by atoms with Crippen LogP contribution in [0.15, 0.2) is 0 Å². The SMILES string of the molecule is O=C(O)O.O=C(O)O.[Cs+].[H-].[H-].[Li+]. The van der Waals surface area contributed by atoms with Crippen LogP contribution >= 0.6 is 0 Å². The Kier molecular flexibility index (Phi) is 37.4. The largest absolute Gasteiger partial charge is 1.00 e. The van der Waals surface area contributed by atoms with Gasteiger partial charge in [-0.1, -0.05) is 0 Å². The van der Waals surface area contributed by atoms with E-state index in [-0.39, 0.29) is 90.6 Å². The van der Waals surface area contributed by atoms with Crippen molar-refractivity contribution in [3.05, 3.63) is 0 Å². The minimum atomic E-state index is -1.83. The smallest absolute Gasteiger partial charge is 1.00 e. The summed E-state index contributed by atoms with van der Waals surface area (Å²) in [5.41, 5.74) is 0. The molecule has 0 bridgehead atoms. The molecule has 10 heavy (non-hydrogen) atoms. The minimum absolute atomic E-state index is 0. The molecular formula is C2H6CsLiO6. The topological polar surface area (TPSA) is 115 Å². The van der Waals surface area contributed by atoms with Crippen molar-refractivity contribution in [3.63, 3.8) is 0 Å². The van der Waals surface area contributed by atoms with Crippen molar-refractivity contribution in [2.24, 2.45) is 0 Å². The standard InChI is InChI=1S/2CH2O3.Cs.Li.2H/c2*2-1(3)4;;;;/h2*(H2,2,3,4);;;;/q;;2*+1;2*-1. The van der Waals surface area contributed by atoms with Gasteiger partial charge in [-0.3, -0.25) is 0 Å². The number of carbonyl (C=O) groups is 2. The minimum Gasteiger partial charge on any atom is -1.00 e. The van der Waals surface area contributed by atoms with Gasteiger partial charge in [0.05, 0.1) is 0 Å². The average molecular weight is 266 g/mol. The third-order valence-corrected chi connectivity index (χ3v) is 0. The van der Waals surface area contributed by atoms with Gasteiger partial charge in [-0.2, -0.15) is 0 Å². The second-order valence-corrected chi connectivity index (χ2v) is 0.565. The normalized spacial score (nSPS) is 4.80. The maximum absolute atomic E-state index is 8.56. The molecular weight excluding hydrogens is 260 g/mol. The first-order chi connectivity index (χ1) is 3.46. The molecule has 0 saturated heterocycles. The van der Waals surface area contributed by atoms with Gasteiger partial charge < -0.3 is 23.3 Å². The fraction of sp³-hybridized carbons (Fsp3) is 0. The summed E-state index contributed by atoms with van der Waals surface area (Å²) in [7, 11) is 0. The van der Waals surface area contributed by atoms with Crippen LogP contribution in [0.3, 0.4) is 0 Å². The average Bonchev–Trinajstić information content (AvgIpc) is 1.25. The molecule has 0 heterocycles. The summed E-state index contributed by atoms with van der Waals surface area (Å²) in [6.07, 6.45) is -3.67. The second kappa shape index (κ2) is 16.6. The summed E-state index contributed by atoms with van der Waals surface area (Å²) < 4.78 is 0. The maximum atomic E-state index is 8.56. The monoisotopic (exact) mass is 266 g/mol. The van der Waals surface area contributed by atoms with Crippen molar-refractivity contribution in [1.29, 1.82) is 0 Å². The van der Waals surface area contributed by atoms with Crippen LogP contribution in [0.4, 0.5) is 9.59 Å². The Labute approximate surface area is 130 Å². The van der Waals surface area contributed by atoms with Crippen molar-refractivity contribution >= 4 is 12.3 Å². The number of carboxylic acid groups (broad SMARTS) is 4. The predicted molar refractivity (Wildman–Crippen MR) is 23.5 cm³/mol. The van der Waals surface area contributed by atoms with Crippen molar-refractivity contribution in [3.8, 4) is 0 Å². The van der Waals surface area contributed by atoms with Crippen LogP contribution in [0.2, 0.25) is 0 Å². The van der Waals surface area contributed by atoms with Gasteiger partial charge in [-0.05, 0) is 0 Å². The molecule has 0 aromatic heterocycles. The van der Waals surface area contributed by atoms with Crippen LogP contribution in [0.1, 0.15) is 2.85 Å². The van der Waals surface area contributed by atoms with Crippen LogP contribution in [0, 0.1) is 0 Å². The van der Waals surface area contributed by atoms with Gasteiger partial charge >= 0.3 is 100 Å². The molecule has 6 nitrogen and oxygen atoms in total. The van der Waals surface area contributed by atoms with E-state index in [4.69, 9.17) is 30.0 Å². The molecule has 0 aliphatic rings. The first kappa shape index (κ1) is 22.5. The molecule has 0 aromatic rings. The van der Waals surface area contributed by atoms with Crippen LogP contribution in [-0.4, -0.2) is 32.7 Å². The van der Waals surface area contributed by atoms with Gasteiger partial charge in [0.1, 0.15) is 0 Å². The number of hydrogen-bond donors (Lipinski definition) is 4. The van der Waals surface area contributed by atoms with Crippen LogP contribution in [0.5, 0.6) is 0 Å². The van der Waals surface area contributed by atoms with Gasteiger partial charge in [0.2, 0.25) is 0 Å². The molecule has 0 spiro atoms. The Morgan fingerprint density at radius 3 is 0.900 bits per heavy atom. The van der Waals surface area contributed by atoms with Crippen LogP contribution in [0.25, 0.3) is 0 Å². The van der Waals surface area contributed by atoms with Crippen molar-refractivity contribution in [2.45, 2.75) is 0 Å². The summed E-state index contributed by atoms with van der Waals surface area (Å²) in [4.78, 5) is 17.1. The summed E-state index contributed by atoms with van der Waals surface area (Å²) in [5.74, 6) is 0. The van der Waals surface area contributed by atoms with Crippen molar-refractivity contribution in [1.82, 2.24) is 0 Å². The molecule has 4 N–H and O–H groups in total. The maximum Gasteiger partial charge on any atom is 1.00 e. The molecule has 0 aliphatic carbocycles. The molecule has 0 unspecified atom stereocenters. The molecule has 0 amide bonds. The van der Waals surface area contributed by atoms with E-state index in [0.717, 1.165) is 0 Å². The Morgan fingerprint density at radius 2 is 0.900 bits per heavy atom. The molecule has 0 rings (SSSR count). The van der Waals surface area contributed by atoms with E-state index >= 15 is 0 Å². The quantitative estimate of drug-likeness (QED) is 0.325. The fourth-order valence-electron chi connectivity index (χ4n) is 0. The molecule has 0 aromatic carbocycles. The molecule has 8 heteroatoms. The van der Waals surface area contributed by atoms with E-state index < -0.39 is 12.3 Å². The molecule has 0 aliphatic heterocycles. The van der Waals surface area contributed by atoms with Crippen molar-refractivity contribution < 1.29 is 121 Å². The second-order valence-electron chi connectivity index (χ2n) is 0.565. The zero-order valence-electron chi connectivity index (χ0n) is 7.61. The predicted octanol–water partition coefficient (Wildman–Crippen LogP) is -5.32. The Balaban J connectivity index is -0.0000000112. The number of hydrogen-bond acceptors (Lipinski definition) is 2. The van der Waals surface area contributed by atoms with E-state index in [1.54, 1.807) is 0 Å². The molecule has 0 saturated carbocycles. The summed E-state index contributed by atoms with van der Waals surface area (Å²) in [5, 5.41) is 27.9. The van der Waals surface area contributed by atoms with Crippen molar-refractivity contribution in [2.75, 3.05) is 0 Å². The molecule has 52 valence electrons. The summed E-state index contributed by atoms with van der Waals surface area (Å²) >= 11 is 0. The van der Waals surface area contributed by atoms with Gasteiger partial charge in [0.15, 0.2) is 0 Å². The molecule has 0 atom stereocenters. The molecule has 0 fully saturated rings. The number of rotatable bonds is 0. The first-order valence-electron chi connectivity index (χ1n) is 1.30. The summed E-state index contributed by atoms with van der Waals surface area (Å²) in [6, 6.07) is 0. The molecule has 0 radical (unpaired) electrons. The Hall–Kier alpha value is 1.19. The zero-order valence-corrected chi connectivity index (χ0v) is 11.9. The Morgan fingerprint density at radius 1 is 0.900 bits per heavy atom. The summed E-state index contributed by atoms with van der Waals surface area (Å²) in [6.45, 7) is 0. The van der Waals surface area contributed by atoms with E-state index in [2.05, 4.69) is 0 Å². The van der Waals surface area contributed by atoms with Crippen LogP contribution < -0.4 is 87.8 Å². The Bertz CT molecular complexity index is 81.5. The van der Waals surface area contributed by atoms with E-state index in [9.17, 15) is 0 Å². The third-order valence-electron chi connectivity index (χ3n) is 0. The van der Waals surface area contributed by atoms with E-state index in [0.29, 0.717) is 0 Å². The fourth-order valence-corrected chi connectivity index (χ4v) is 0. The van der Waals surface area contributed by atoms with Gasteiger partial charge in [-0.15, -0.1) is 0 Å². The van der Waals surface area contributed by atoms with E-state index in [1.165, 1.54) is 0 Å².